The summed E-state index contributed by atoms with van der Waals surface area (Å²) in [7, 11) is -1.03. The molecule has 3 aromatic rings. The van der Waals surface area contributed by atoms with E-state index in [2.05, 4.69) is 5.32 Å². The van der Waals surface area contributed by atoms with Gasteiger partial charge in [0.05, 0.1) is 26.2 Å². The van der Waals surface area contributed by atoms with Crippen LogP contribution in [0, 0.1) is 6.92 Å². The molecule has 1 atom stereocenters. The lowest BCUT2D eigenvalue weighted by Gasteiger charge is -2.33. The monoisotopic (exact) mass is 581 g/mol. The molecule has 1 N–H and O–H groups in total. The van der Waals surface area contributed by atoms with Crippen LogP contribution in [0.25, 0.3) is 0 Å². The molecule has 220 valence electrons. The third kappa shape index (κ3) is 8.72. The molecule has 0 aromatic heterocycles. The first-order chi connectivity index (χ1) is 19.6. The number of nitrogens with zero attached hydrogens (tertiary/aromatic N) is 2. The highest BCUT2D eigenvalue weighted by Crippen LogP contribution is 2.33. The molecule has 2 amide bonds. The number of carbonyl (C=O) groups is 2. The molecule has 0 spiro atoms. The van der Waals surface area contributed by atoms with Gasteiger partial charge in [0.25, 0.3) is 0 Å². The van der Waals surface area contributed by atoms with Gasteiger partial charge in [-0.2, -0.15) is 0 Å². The van der Waals surface area contributed by atoms with Gasteiger partial charge < -0.3 is 19.7 Å². The van der Waals surface area contributed by atoms with E-state index in [4.69, 9.17) is 9.47 Å². The van der Waals surface area contributed by atoms with Gasteiger partial charge in [-0.3, -0.25) is 13.9 Å². The van der Waals surface area contributed by atoms with E-state index >= 15 is 0 Å². The van der Waals surface area contributed by atoms with Crippen LogP contribution in [-0.4, -0.2) is 64.7 Å². The van der Waals surface area contributed by atoms with Crippen LogP contribution in [0.2, 0.25) is 0 Å². The molecule has 0 bridgehead atoms. The normalized spacial score (nSPS) is 11.8. The van der Waals surface area contributed by atoms with Crippen LogP contribution in [0.4, 0.5) is 5.69 Å². The van der Waals surface area contributed by atoms with Crippen molar-refractivity contribution in [3.63, 3.8) is 0 Å². The van der Waals surface area contributed by atoms with Gasteiger partial charge in [-0.1, -0.05) is 67.1 Å². The molecular formula is C31H39N3O6S. The number of nitrogens with one attached hydrogen (secondary N) is 1. The number of anilines is 1. The Morgan fingerprint density at radius 2 is 1.61 bits per heavy atom. The van der Waals surface area contributed by atoms with E-state index in [0.29, 0.717) is 12.3 Å². The van der Waals surface area contributed by atoms with Crippen molar-refractivity contribution in [1.29, 1.82) is 0 Å². The predicted octanol–water partition coefficient (Wildman–Crippen LogP) is 3.94. The maximum absolute atomic E-state index is 14.2. The number of sulfonamides is 1. The second kappa shape index (κ2) is 14.5. The number of rotatable bonds is 14. The minimum atomic E-state index is -3.93. The molecule has 0 saturated heterocycles. The van der Waals surface area contributed by atoms with Gasteiger partial charge >= 0.3 is 0 Å². The SMILES string of the molecule is CCCNC(=O)[C@@H](Cc1ccccc1)N(Cc1ccc(C)cc1)C(=O)CN(c1ccc(OC)cc1OC)S(C)(=O)=O. The fourth-order valence-electron chi connectivity index (χ4n) is 4.40. The second-order valence-electron chi connectivity index (χ2n) is 9.81. The molecule has 0 radical (unpaired) electrons. The lowest BCUT2D eigenvalue weighted by molar-refractivity contribution is -0.140. The highest BCUT2D eigenvalue weighted by Gasteiger charge is 2.33. The molecule has 0 aliphatic rings. The molecule has 0 heterocycles. The Hall–Kier alpha value is -4.05. The zero-order valence-electron chi connectivity index (χ0n) is 24.3. The molecule has 3 rings (SSSR count). The van der Waals surface area contributed by atoms with Crippen LogP contribution < -0.4 is 19.1 Å². The van der Waals surface area contributed by atoms with E-state index < -0.39 is 28.5 Å². The molecule has 0 aliphatic carbocycles. The molecule has 0 unspecified atom stereocenters. The maximum Gasteiger partial charge on any atom is 0.244 e. The van der Waals surface area contributed by atoms with Gasteiger partial charge in [0.1, 0.15) is 24.1 Å². The lowest BCUT2D eigenvalue weighted by Crippen LogP contribution is -2.53. The van der Waals surface area contributed by atoms with E-state index in [-0.39, 0.29) is 30.3 Å². The third-order valence-electron chi connectivity index (χ3n) is 6.63. The average Bonchev–Trinajstić information content (AvgIpc) is 2.96. The number of amides is 2. The van der Waals surface area contributed by atoms with Gasteiger partial charge in [-0.25, -0.2) is 8.42 Å². The van der Waals surface area contributed by atoms with Crippen molar-refractivity contribution in [1.82, 2.24) is 10.2 Å². The Labute approximate surface area is 243 Å². The molecule has 3 aromatic carbocycles. The first kappa shape index (κ1) is 31.5. The number of hydrogen-bond acceptors (Lipinski definition) is 6. The second-order valence-corrected chi connectivity index (χ2v) is 11.7. The Bertz CT molecular complexity index is 1410. The maximum atomic E-state index is 14.2. The van der Waals surface area contributed by atoms with Crippen LogP contribution >= 0.6 is 0 Å². The van der Waals surface area contributed by atoms with E-state index in [0.717, 1.165) is 33.7 Å². The van der Waals surface area contributed by atoms with Crippen molar-refractivity contribution >= 4 is 27.5 Å². The summed E-state index contributed by atoms with van der Waals surface area (Å²) in [5, 5.41) is 2.93. The molecule has 9 nitrogen and oxygen atoms in total. The first-order valence-corrected chi connectivity index (χ1v) is 15.3. The molecular weight excluding hydrogens is 542 g/mol. The number of hydrogen-bond donors (Lipinski definition) is 1. The zero-order chi connectivity index (χ0) is 30.0. The van der Waals surface area contributed by atoms with Crippen LogP contribution in [-0.2, 0) is 32.6 Å². The van der Waals surface area contributed by atoms with Gasteiger partial charge in [0.15, 0.2) is 0 Å². The summed E-state index contributed by atoms with van der Waals surface area (Å²) in [6.07, 6.45) is 2.03. The average molecular weight is 582 g/mol. The summed E-state index contributed by atoms with van der Waals surface area (Å²) in [5.41, 5.74) is 2.94. The fourth-order valence-corrected chi connectivity index (χ4v) is 5.25. The number of methoxy groups -OCH3 is 2. The Balaban J connectivity index is 2.07. The van der Waals surface area contributed by atoms with Crippen LogP contribution in [0.1, 0.15) is 30.0 Å². The summed E-state index contributed by atoms with van der Waals surface area (Å²) in [6.45, 7) is 3.96. The molecule has 0 aliphatic heterocycles. The number of carbonyl (C=O) groups excluding carboxylic acids is 2. The highest BCUT2D eigenvalue weighted by molar-refractivity contribution is 7.92. The van der Waals surface area contributed by atoms with Gasteiger partial charge in [0.2, 0.25) is 21.8 Å². The topological polar surface area (TPSA) is 105 Å². The van der Waals surface area contributed by atoms with Gasteiger partial charge in [0, 0.05) is 25.6 Å². The van der Waals surface area contributed by atoms with E-state index in [1.54, 1.807) is 12.1 Å². The van der Waals surface area contributed by atoms with Crippen molar-refractivity contribution < 1.29 is 27.5 Å². The standard InChI is InChI=1S/C31H39N3O6S/c1-6-18-32-31(36)28(19-24-10-8-7-9-11-24)33(21-25-14-12-23(2)13-15-25)30(35)22-34(41(5,37)38)27-17-16-26(39-3)20-29(27)40-4/h7-17,20,28H,6,18-19,21-22H2,1-5H3,(H,32,36)/t28-/m1/s1. The molecule has 10 heteroatoms. The van der Waals surface area contributed by atoms with Crippen LogP contribution in [0.15, 0.2) is 72.8 Å². The van der Waals surface area contributed by atoms with Crippen molar-refractivity contribution in [3.05, 3.63) is 89.5 Å². The predicted molar refractivity (Wildman–Crippen MR) is 161 cm³/mol. The summed E-state index contributed by atoms with van der Waals surface area (Å²) in [5.74, 6) is -0.123. The summed E-state index contributed by atoms with van der Waals surface area (Å²) in [6, 6.07) is 20.9. The Morgan fingerprint density at radius 3 is 2.20 bits per heavy atom. The van der Waals surface area contributed by atoms with Gasteiger partial charge in [-0.15, -0.1) is 0 Å². The smallest absolute Gasteiger partial charge is 0.244 e. The fraction of sp³-hybridized carbons (Fsp3) is 0.355. The van der Waals surface area contributed by atoms with Gasteiger partial charge in [-0.05, 0) is 36.6 Å². The van der Waals surface area contributed by atoms with Crippen molar-refractivity contribution in [2.45, 2.75) is 39.3 Å². The molecule has 0 fully saturated rings. The van der Waals surface area contributed by atoms with E-state index in [1.165, 1.54) is 25.2 Å². The molecule has 41 heavy (non-hydrogen) atoms. The summed E-state index contributed by atoms with van der Waals surface area (Å²) >= 11 is 0. The van der Waals surface area contributed by atoms with Crippen LogP contribution in [0.5, 0.6) is 11.5 Å². The van der Waals surface area contributed by atoms with E-state index in [1.807, 2.05) is 68.4 Å². The lowest BCUT2D eigenvalue weighted by atomic mass is 10.0. The van der Waals surface area contributed by atoms with Crippen molar-refractivity contribution in [3.8, 4) is 11.5 Å². The zero-order valence-corrected chi connectivity index (χ0v) is 25.1. The van der Waals surface area contributed by atoms with Crippen LogP contribution in [0.3, 0.4) is 0 Å². The van der Waals surface area contributed by atoms with Crippen molar-refractivity contribution in [2.24, 2.45) is 0 Å². The third-order valence-corrected chi connectivity index (χ3v) is 7.76. The number of benzene rings is 3. The quantitative estimate of drug-likeness (QED) is 0.309. The minimum Gasteiger partial charge on any atom is -0.497 e. The van der Waals surface area contributed by atoms with E-state index in [9.17, 15) is 18.0 Å². The number of ether oxygens (including phenoxy) is 2. The minimum absolute atomic E-state index is 0.119. The van der Waals surface area contributed by atoms with Crippen molar-refractivity contribution in [2.75, 3.05) is 37.9 Å². The Morgan fingerprint density at radius 1 is 0.927 bits per heavy atom. The summed E-state index contributed by atoms with van der Waals surface area (Å²) in [4.78, 5) is 29.2. The molecule has 0 saturated carbocycles. The largest absolute Gasteiger partial charge is 0.497 e. The Kier molecular flexibility index (Phi) is 11.2. The summed E-state index contributed by atoms with van der Waals surface area (Å²) < 4.78 is 37.8. The number of aryl methyl sites for hydroxylation is 1. The first-order valence-electron chi connectivity index (χ1n) is 13.4. The highest BCUT2D eigenvalue weighted by atomic mass is 32.2.